The first-order chi connectivity index (χ1) is 9.61. The molecule has 0 fully saturated rings. The molecule has 0 amide bonds. The van der Waals surface area contributed by atoms with Crippen molar-refractivity contribution < 1.29 is 0 Å². The number of aromatic nitrogens is 4. The van der Waals surface area contributed by atoms with Gasteiger partial charge >= 0.3 is 0 Å². The maximum atomic E-state index is 12.0. The molecule has 0 saturated heterocycles. The third kappa shape index (κ3) is 3.36. The molecular formula is C13H16BrN5O. The van der Waals surface area contributed by atoms with E-state index in [1.165, 1.54) is 4.68 Å². The fourth-order valence-corrected chi connectivity index (χ4v) is 2.23. The van der Waals surface area contributed by atoms with Crippen LogP contribution in [0.25, 0.3) is 0 Å². The highest BCUT2D eigenvalue weighted by atomic mass is 79.9. The van der Waals surface area contributed by atoms with E-state index in [-0.39, 0.29) is 5.56 Å². The Kier molecular flexibility index (Phi) is 4.73. The highest BCUT2D eigenvalue weighted by Crippen LogP contribution is 2.16. The van der Waals surface area contributed by atoms with Crippen LogP contribution >= 0.6 is 15.9 Å². The van der Waals surface area contributed by atoms with Crippen LogP contribution in [0.15, 0.2) is 40.5 Å². The minimum absolute atomic E-state index is 0.170. The van der Waals surface area contributed by atoms with E-state index >= 15 is 0 Å². The Balaban J connectivity index is 2.01. The summed E-state index contributed by atoms with van der Waals surface area (Å²) in [6.07, 6.45) is 7.90. The zero-order valence-electron chi connectivity index (χ0n) is 11.2. The van der Waals surface area contributed by atoms with Crippen LogP contribution in [0, 0.1) is 0 Å². The monoisotopic (exact) mass is 337 g/mol. The van der Waals surface area contributed by atoms with Gasteiger partial charge in [-0.2, -0.15) is 10.2 Å². The van der Waals surface area contributed by atoms with E-state index in [4.69, 9.17) is 0 Å². The summed E-state index contributed by atoms with van der Waals surface area (Å²) >= 11 is 3.30. The van der Waals surface area contributed by atoms with E-state index in [0.29, 0.717) is 23.2 Å². The van der Waals surface area contributed by atoms with Gasteiger partial charge in [-0.1, -0.05) is 6.08 Å². The molecule has 0 spiro atoms. The minimum Gasteiger partial charge on any atom is -0.382 e. The molecule has 2 rings (SSSR count). The first-order valence-electron chi connectivity index (χ1n) is 6.19. The predicted molar refractivity (Wildman–Crippen MR) is 81.8 cm³/mol. The van der Waals surface area contributed by atoms with Crippen molar-refractivity contribution in [2.75, 3.05) is 11.9 Å². The normalized spacial score (nSPS) is 10.5. The Morgan fingerprint density at radius 2 is 2.25 bits per heavy atom. The van der Waals surface area contributed by atoms with Gasteiger partial charge in [0, 0.05) is 19.8 Å². The number of hydrogen-bond acceptors (Lipinski definition) is 4. The summed E-state index contributed by atoms with van der Waals surface area (Å²) in [6.45, 7) is 4.70. The molecule has 0 aromatic carbocycles. The van der Waals surface area contributed by atoms with Crippen LogP contribution in [0.1, 0.15) is 5.56 Å². The molecule has 0 bridgehead atoms. The van der Waals surface area contributed by atoms with Gasteiger partial charge in [0.1, 0.15) is 4.47 Å². The van der Waals surface area contributed by atoms with Crippen molar-refractivity contribution in [1.82, 2.24) is 19.6 Å². The van der Waals surface area contributed by atoms with E-state index < -0.39 is 0 Å². The zero-order valence-corrected chi connectivity index (χ0v) is 12.8. The molecule has 6 nitrogen and oxygen atoms in total. The molecule has 1 N–H and O–H groups in total. The molecule has 106 valence electrons. The Morgan fingerprint density at radius 3 is 2.90 bits per heavy atom. The van der Waals surface area contributed by atoms with Crippen molar-refractivity contribution in [3.05, 3.63) is 51.6 Å². The number of nitrogens with one attached hydrogen (secondary N) is 1. The molecule has 0 aliphatic rings. The third-order valence-electron chi connectivity index (χ3n) is 2.77. The van der Waals surface area contributed by atoms with Crippen LogP contribution < -0.4 is 10.9 Å². The van der Waals surface area contributed by atoms with Gasteiger partial charge in [-0.3, -0.25) is 9.48 Å². The van der Waals surface area contributed by atoms with E-state index in [2.05, 4.69) is 38.0 Å². The molecule has 0 aliphatic heterocycles. The summed E-state index contributed by atoms with van der Waals surface area (Å²) in [5.41, 5.74) is 1.67. The number of hydrogen-bond donors (Lipinski definition) is 1. The van der Waals surface area contributed by atoms with E-state index in [9.17, 15) is 4.79 Å². The molecule has 0 aliphatic carbocycles. The van der Waals surface area contributed by atoms with Crippen molar-refractivity contribution in [2.45, 2.75) is 13.0 Å². The zero-order chi connectivity index (χ0) is 14.5. The Labute approximate surface area is 125 Å². The molecular weight excluding hydrogens is 322 g/mol. The molecule has 7 heteroatoms. The first kappa shape index (κ1) is 14.5. The third-order valence-corrected chi connectivity index (χ3v) is 3.54. The maximum Gasteiger partial charge on any atom is 0.283 e. The second-order valence-corrected chi connectivity index (χ2v) is 5.14. The number of allylic oxidation sites excluding steroid dienone is 1. The molecule has 2 aromatic heterocycles. The number of nitrogens with zero attached hydrogens (tertiary/aromatic N) is 4. The maximum absolute atomic E-state index is 12.0. The molecule has 0 saturated carbocycles. The Hall–Kier alpha value is -1.89. The van der Waals surface area contributed by atoms with Crippen LogP contribution in [0.3, 0.4) is 0 Å². The summed E-state index contributed by atoms with van der Waals surface area (Å²) in [6, 6.07) is 0. The lowest BCUT2D eigenvalue weighted by molar-refractivity contribution is 0.649. The summed E-state index contributed by atoms with van der Waals surface area (Å²) in [5.74, 6) is 0. The van der Waals surface area contributed by atoms with Crippen molar-refractivity contribution in [3.63, 3.8) is 0 Å². The van der Waals surface area contributed by atoms with Gasteiger partial charge in [0.05, 0.1) is 24.6 Å². The minimum atomic E-state index is -0.170. The lowest BCUT2D eigenvalue weighted by atomic mass is 10.2. The second kappa shape index (κ2) is 6.51. The molecule has 2 aromatic rings. The van der Waals surface area contributed by atoms with Crippen molar-refractivity contribution in [1.29, 1.82) is 0 Å². The van der Waals surface area contributed by atoms with Gasteiger partial charge in [0.25, 0.3) is 5.56 Å². The van der Waals surface area contributed by atoms with Gasteiger partial charge in [0.2, 0.25) is 0 Å². The number of aryl methyl sites for hydroxylation is 1. The van der Waals surface area contributed by atoms with Crippen LogP contribution in [0.5, 0.6) is 0 Å². The summed E-state index contributed by atoms with van der Waals surface area (Å²) in [7, 11) is 1.89. The molecule has 20 heavy (non-hydrogen) atoms. The van der Waals surface area contributed by atoms with Crippen LogP contribution in [0.4, 0.5) is 5.69 Å². The standard InChI is InChI=1S/C13H16BrN5O/c1-3-6-19-13(20)12(14)11(8-17-19)15-5-4-10-7-16-18(2)9-10/h3,7-9,15H,1,4-6H2,2H3. The quantitative estimate of drug-likeness (QED) is 0.813. The van der Waals surface area contributed by atoms with Crippen molar-refractivity contribution in [3.8, 4) is 0 Å². The largest absolute Gasteiger partial charge is 0.382 e. The predicted octanol–water partition coefficient (Wildman–Crippen LogP) is 1.58. The number of rotatable bonds is 6. The SMILES string of the molecule is C=CCn1ncc(NCCc2cnn(C)c2)c(Br)c1=O. The molecule has 2 heterocycles. The average molecular weight is 338 g/mol. The van der Waals surface area contributed by atoms with Crippen molar-refractivity contribution in [2.24, 2.45) is 7.05 Å². The molecule has 0 atom stereocenters. The van der Waals surface area contributed by atoms with Crippen molar-refractivity contribution >= 4 is 21.6 Å². The lowest BCUT2D eigenvalue weighted by Crippen LogP contribution is -2.24. The van der Waals surface area contributed by atoms with Crippen LogP contribution in [-0.4, -0.2) is 26.1 Å². The van der Waals surface area contributed by atoms with Gasteiger partial charge < -0.3 is 5.32 Å². The highest BCUT2D eigenvalue weighted by Gasteiger charge is 2.07. The lowest BCUT2D eigenvalue weighted by Gasteiger charge is -2.09. The summed E-state index contributed by atoms with van der Waals surface area (Å²) in [4.78, 5) is 12.0. The smallest absolute Gasteiger partial charge is 0.283 e. The van der Waals surface area contributed by atoms with E-state index in [1.807, 2.05) is 19.4 Å². The van der Waals surface area contributed by atoms with Gasteiger partial charge in [-0.05, 0) is 27.9 Å². The number of anilines is 1. The first-order valence-corrected chi connectivity index (χ1v) is 6.99. The van der Waals surface area contributed by atoms with Gasteiger partial charge in [-0.15, -0.1) is 6.58 Å². The second-order valence-electron chi connectivity index (χ2n) is 4.35. The summed E-state index contributed by atoms with van der Waals surface area (Å²) < 4.78 is 3.60. The molecule has 0 unspecified atom stereocenters. The van der Waals surface area contributed by atoms with Gasteiger partial charge in [-0.25, -0.2) is 4.68 Å². The van der Waals surface area contributed by atoms with Crippen LogP contribution in [-0.2, 0) is 20.0 Å². The van der Waals surface area contributed by atoms with E-state index in [1.54, 1.807) is 17.0 Å². The average Bonchev–Trinajstić information content (AvgIpc) is 2.84. The fraction of sp³-hybridized carbons (Fsp3) is 0.308. The highest BCUT2D eigenvalue weighted by molar-refractivity contribution is 9.10. The van der Waals surface area contributed by atoms with Gasteiger partial charge in [0.15, 0.2) is 0 Å². The summed E-state index contributed by atoms with van der Waals surface area (Å²) in [5, 5.41) is 11.4. The van der Waals surface area contributed by atoms with Crippen LogP contribution in [0.2, 0.25) is 0 Å². The topological polar surface area (TPSA) is 64.7 Å². The Morgan fingerprint density at radius 1 is 1.45 bits per heavy atom. The Bertz CT molecular complexity index is 661. The molecule has 0 radical (unpaired) electrons. The number of halogens is 1. The fourth-order valence-electron chi connectivity index (χ4n) is 1.78. The van der Waals surface area contributed by atoms with E-state index in [0.717, 1.165) is 12.0 Å².